The zero-order chi connectivity index (χ0) is 32.5. The van der Waals surface area contributed by atoms with Crippen molar-refractivity contribution in [2.75, 3.05) is 0 Å². The predicted octanol–water partition coefficient (Wildman–Crippen LogP) is 7.48. The number of esters is 2. The Morgan fingerprint density at radius 3 is 2.18 bits per heavy atom. The molecule has 7 nitrogen and oxygen atoms in total. The van der Waals surface area contributed by atoms with Crippen LogP contribution in [0.15, 0.2) is 103 Å². The molecule has 45 heavy (non-hydrogen) atoms. The van der Waals surface area contributed by atoms with Crippen molar-refractivity contribution < 1.29 is 30.0 Å². The van der Waals surface area contributed by atoms with Crippen LogP contribution in [0.3, 0.4) is 0 Å². The lowest BCUT2D eigenvalue weighted by atomic mass is 9.97. The van der Waals surface area contributed by atoms with Crippen LogP contribution in [0.5, 0.6) is 5.75 Å². The number of nitrogens with one attached hydrogen (secondary N) is 1. The first-order valence-corrected chi connectivity index (χ1v) is 15.3. The van der Waals surface area contributed by atoms with E-state index < -0.39 is 29.5 Å². The summed E-state index contributed by atoms with van der Waals surface area (Å²) in [7, 11) is 0. The van der Waals surface area contributed by atoms with Crippen molar-refractivity contribution in [1.29, 1.82) is 0 Å². The molecular formula is C38H45NO6. The second-order valence-corrected chi connectivity index (χ2v) is 12.2. The van der Waals surface area contributed by atoms with Gasteiger partial charge in [0.15, 0.2) is 0 Å². The lowest BCUT2D eigenvalue weighted by molar-refractivity contribution is -0.162. The fourth-order valence-corrected chi connectivity index (χ4v) is 4.89. The second-order valence-electron chi connectivity index (χ2n) is 12.2. The molecule has 0 spiro atoms. The van der Waals surface area contributed by atoms with E-state index in [0.29, 0.717) is 23.3 Å². The Kier molecular flexibility index (Phi) is 11.0. The first kappa shape index (κ1) is 33.2. The van der Waals surface area contributed by atoms with E-state index in [0.717, 1.165) is 16.7 Å². The Balaban J connectivity index is 0.00000576. The van der Waals surface area contributed by atoms with Gasteiger partial charge in [-0.05, 0) is 79.0 Å². The monoisotopic (exact) mass is 611 g/mol. The van der Waals surface area contributed by atoms with E-state index in [-0.39, 0.29) is 20.9 Å². The number of rotatable bonds is 15. The molecule has 1 amide bonds. The number of carbonyl (C=O) groups is 3. The van der Waals surface area contributed by atoms with Gasteiger partial charge < -0.3 is 19.5 Å². The summed E-state index contributed by atoms with van der Waals surface area (Å²) in [5, 5.41) is 2.64. The maximum Gasteiger partial charge on any atom is 0.329 e. The lowest BCUT2D eigenvalue weighted by Gasteiger charge is -2.27. The Bertz CT molecular complexity index is 1510. The summed E-state index contributed by atoms with van der Waals surface area (Å²) in [6.45, 7) is 11.7. The quantitative estimate of drug-likeness (QED) is 0.142. The number of amides is 1. The number of allylic oxidation sites excluding steroid dienone is 2. The van der Waals surface area contributed by atoms with Crippen molar-refractivity contribution in [3.05, 3.63) is 125 Å². The van der Waals surface area contributed by atoms with Crippen LogP contribution in [0.2, 0.25) is 0 Å². The predicted molar refractivity (Wildman–Crippen MR) is 176 cm³/mol. The average Bonchev–Trinajstić information content (AvgIpc) is 3.80. The van der Waals surface area contributed by atoms with Gasteiger partial charge in [0.2, 0.25) is 5.91 Å². The van der Waals surface area contributed by atoms with E-state index in [1.807, 2.05) is 54.6 Å². The van der Waals surface area contributed by atoms with Gasteiger partial charge in [0.05, 0.1) is 12.8 Å². The standard InChI is InChI=1S/C38H43NO6.H2/c1-6-27(7-2)23-34(40)39-33(24-35(41)45-37(3,4)30-11-9-8-10-12-30)36(42)44-26-29-15-19-32(20-16-29)43-25-28-13-17-31(18-14-28)38(5)21-22-38;/h6-20,33H,1,21-26H2,2-5H3,(H,39,40);1H/t33-;/m1./s1. The van der Waals surface area contributed by atoms with Gasteiger partial charge in [0.1, 0.15) is 30.6 Å². The van der Waals surface area contributed by atoms with Crippen molar-refractivity contribution in [1.82, 2.24) is 5.32 Å². The first-order chi connectivity index (χ1) is 21.5. The summed E-state index contributed by atoms with van der Waals surface area (Å²) in [6.07, 6.45) is 5.45. The molecule has 0 radical (unpaired) electrons. The van der Waals surface area contributed by atoms with E-state index in [1.54, 1.807) is 32.9 Å². The smallest absolute Gasteiger partial charge is 0.329 e. The molecule has 0 heterocycles. The molecular weight excluding hydrogens is 566 g/mol. The van der Waals surface area contributed by atoms with E-state index in [2.05, 4.69) is 43.1 Å². The second kappa shape index (κ2) is 14.9. The fraction of sp³-hybridized carbons (Fsp3) is 0.342. The summed E-state index contributed by atoms with van der Waals surface area (Å²) in [6, 6.07) is 23.9. The van der Waals surface area contributed by atoms with Crippen LogP contribution in [0, 0.1) is 0 Å². The van der Waals surface area contributed by atoms with Gasteiger partial charge in [-0.1, -0.05) is 92.4 Å². The molecule has 1 saturated carbocycles. The Morgan fingerprint density at radius 2 is 1.58 bits per heavy atom. The molecule has 0 bridgehead atoms. The van der Waals surface area contributed by atoms with E-state index in [9.17, 15) is 14.4 Å². The molecule has 1 N–H and O–H groups in total. The Morgan fingerprint density at radius 1 is 0.956 bits per heavy atom. The molecule has 3 aromatic carbocycles. The van der Waals surface area contributed by atoms with Crippen molar-refractivity contribution >= 4 is 17.8 Å². The Labute approximate surface area is 267 Å². The van der Waals surface area contributed by atoms with E-state index in [4.69, 9.17) is 14.2 Å². The number of hydrogen-bond acceptors (Lipinski definition) is 6. The highest BCUT2D eigenvalue weighted by Crippen LogP contribution is 2.47. The lowest BCUT2D eigenvalue weighted by Crippen LogP contribution is -2.44. The molecule has 3 aromatic rings. The molecule has 0 unspecified atom stereocenters. The van der Waals surface area contributed by atoms with Crippen molar-refractivity contribution in [3.63, 3.8) is 0 Å². The molecule has 1 aliphatic carbocycles. The topological polar surface area (TPSA) is 90.9 Å². The number of hydrogen-bond donors (Lipinski definition) is 1. The van der Waals surface area contributed by atoms with Gasteiger partial charge in [-0.15, -0.1) is 0 Å². The van der Waals surface area contributed by atoms with Crippen molar-refractivity contribution in [3.8, 4) is 5.75 Å². The minimum Gasteiger partial charge on any atom is -0.489 e. The van der Waals surface area contributed by atoms with Crippen LogP contribution < -0.4 is 10.1 Å². The highest BCUT2D eigenvalue weighted by atomic mass is 16.6. The third-order valence-corrected chi connectivity index (χ3v) is 8.19. The fourth-order valence-electron chi connectivity index (χ4n) is 4.89. The van der Waals surface area contributed by atoms with Gasteiger partial charge in [0, 0.05) is 1.43 Å². The summed E-state index contributed by atoms with van der Waals surface area (Å²) < 4.78 is 17.2. The minimum atomic E-state index is -1.23. The van der Waals surface area contributed by atoms with Crippen LogP contribution in [-0.2, 0) is 48.1 Å². The normalized spacial score (nSPS) is 14.5. The maximum absolute atomic E-state index is 13.2. The molecule has 1 fully saturated rings. The molecule has 0 saturated heterocycles. The highest BCUT2D eigenvalue weighted by Gasteiger charge is 2.38. The summed E-state index contributed by atoms with van der Waals surface area (Å²) in [5.41, 5.74) is 4.11. The van der Waals surface area contributed by atoms with Gasteiger partial charge in [0.25, 0.3) is 0 Å². The number of benzene rings is 3. The zero-order valence-corrected chi connectivity index (χ0v) is 26.6. The molecule has 0 aromatic heterocycles. The summed E-state index contributed by atoms with van der Waals surface area (Å²) >= 11 is 0. The first-order valence-electron chi connectivity index (χ1n) is 15.3. The molecule has 1 atom stereocenters. The summed E-state index contributed by atoms with van der Waals surface area (Å²) in [4.78, 5) is 38.9. The van der Waals surface area contributed by atoms with Crippen LogP contribution in [-0.4, -0.2) is 23.9 Å². The largest absolute Gasteiger partial charge is 0.489 e. The van der Waals surface area contributed by atoms with Gasteiger partial charge >= 0.3 is 11.9 Å². The average molecular weight is 612 g/mol. The van der Waals surface area contributed by atoms with Crippen LogP contribution in [0.1, 0.15) is 77.1 Å². The van der Waals surface area contributed by atoms with Crippen molar-refractivity contribution in [2.24, 2.45) is 0 Å². The third kappa shape index (κ3) is 9.67. The van der Waals surface area contributed by atoms with Crippen LogP contribution in [0.25, 0.3) is 0 Å². The van der Waals surface area contributed by atoms with Gasteiger partial charge in [-0.3, -0.25) is 9.59 Å². The SMILES string of the molecule is C=CC(=CC)CC(=O)N[C@H](CC(=O)OC(C)(C)c1ccccc1)C(=O)OCc1ccc(OCc2ccc(C3(C)CC3)cc2)cc1.[HH]. The molecule has 7 heteroatoms. The number of carbonyl (C=O) groups excluding carboxylic acids is 3. The van der Waals surface area contributed by atoms with Gasteiger partial charge in [-0.2, -0.15) is 0 Å². The highest BCUT2D eigenvalue weighted by molar-refractivity contribution is 5.89. The summed E-state index contributed by atoms with van der Waals surface area (Å²) in [5.74, 6) is -1.11. The zero-order valence-electron chi connectivity index (χ0n) is 26.6. The van der Waals surface area contributed by atoms with Crippen LogP contribution in [0.4, 0.5) is 0 Å². The molecule has 4 rings (SSSR count). The van der Waals surface area contributed by atoms with Crippen LogP contribution >= 0.6 is 0 Å². The molecule has 1 aliphatic rings. The number of ether oxygens (including phenoxy) is 3. The third-order valence-electron chi connectivity index (χ3n) is 8.19. The molecule has 0 aliphatic heterocycles. The Hall–Kier alpha value is -4.65. The van der Waals surface area contributed by atoms with Crippen molar-refractivity contribution in [2.45, 2.75) is 83.6 Å². The van der Waals surface area contributed by atoms with E-state index in [1.165, 1.54) is 18.4 Å². The minimum absolute atomic E-state index is 0. The molecule has 238 valence electrons. The maximum atomic E-state index is 13.2. The van der Waals surface area contributed by atoms with Gasteiger partial charge in [-0.25, -0.2) is 4.79 Å². The van der Waals surface area contributed by atoms with E-state index >= 15 is 0 Å².